The normalized spacial score (nSPS) is 15.8. The summed E-state index contributed by atoms with van der Waals surface area (Å²) in [4.78, 5) is 28.2. The molecule has 0 aliphatic carbocycles. The molecule has 2 rings (SSSR count). The minimum absolute atomic E-state index is 0.165. The van der Waals surface area contributed by atoms with E-state index in [0.29, 0.717) is 5.88 Å². The number of aromatic nitrogens is 1. The van der Waals surface area contributed by atoms with E-state index in [4.69, 9.17) is 4.74 Å². The van der Waals surface area contributed by atoms with E-state index in [-0.39, 0.29) is 25.5 Å². The van der Waals surface area contributed by atoms with Crippen molar-refractivity contribution in [3.05, 3.63) is 36.5 Å². The average molecular weight is 293 g/mol. The number of likely N-dealkylation sites (tertiary alicyclic amines) is 1. The van der Waals surface area contributed by atoms with Crippen LogP contribution in [0.4, 0.5) is 4.39 Å². The van der Waals surface area contributed by atoms with Gasteiger partial charge in [-0.25, -0.2) is 9.37 Å². The standard InChI is InChI=1S/C14H16FN3O3/c1-3-12(19)18-8-14(15,9-18)13(20)17-7-10-4-5-16-11(6-10)21-2/h3-6H,1,7-9H2,2H3,(H,17,20). The summed E-state index contributed by atoms with van der Waals surface area (Å²) in [6, 6.07) is 3.35. The van der Waals surface area contributed by atoms with Gasteiger partial charge in [-0.3, -0.25) is 9.59 Å². The van der Waals surface area contributed by atoms with Crippen LogP contribution in [0.15, 0.2) is 31.0 Å². The van der Waals surface area contributed by atoms with Crippen molar-refractivity contribution in [2.45, 2.75) is 12.2 Å². The van der Waals surface area contributed by atoms with Crippen molar-refractivity contribution in [1.29, 1.82) is 0 Å². The highest BCUT2D eigenvalue weighted by atomic mass is 19.1. The molecule has 112 valence electrons. The molecule has 1 saturated heterocycles. The van der Waals surface area contributed by atoms with Crippen molar-refractivity contribution in [3.8, 4) is 5.88 Å². The molecular weight excluding hydrogens is 277 g/mol. The van der Waals surface area contributed by atoms with Gasteiger partial charge in [-0.1, -0.05) is 6.58 Å². The van der Waals surface area contributed by atoms with Gasteiger partial charge in [0.2, 0.25) is 17.5 Å². The summed E-state index contributed by atoms with van der Waals surface area (Å²) in [5.41, 5.74) is -1.28. The smallest absolute Gasteiger partial charge is 0.261 e. The van der Waals surface area contributed by atoms with Crippen LogP contribution in [0.5, 0.6) is 5.88 Å². The van der Waals surface area contributed by atoms with Crippen LogP contribution in [-0.4, -0.2) is 47.6 Å². The van der Waals surface area contributed by atoms with Crippen LogP contribution in [-0.2, 0) is 16.1 Å². The number of ether oxygens (including phenoxy) is 1. The summed E-state index contributed by atoms with van der Waals surface area (Å²) >= 11 is 0. The number of hydrogen-bond acceptors (Lipinski definition) is 4. The lowest BCUT2D eigenvalue weighted by molar-refractivity contribution is -0.153. The molecule has 0 bridgehead atoms. The maximum absolute atomic E-state index is 14.2. The fourth-order valence-electron chi connectivity index (χ4n) is 2.00. The van der Waals surface area contributed by atoms with Gasteiger partial charge in [-0.2, -0.15) is 0 Å². The third-order valence-electron chi connectivity index (χ3n) is 3.24. The molecular formula is C14H16FN3O3. The Morgan fingerprint density at radius 1 is 1.62 bits per heavy atom. The zero-order chi connectivity index (χ0) is 15.5. The van der Waals surface area contributed by atoms with Gasteiger partial charge in [0.1, 0.15) is 0 Å². The highest BCUT2D eigenvalue weighted by Gasteiger charge is 2.51. The minimum atomic E-state index is -2.03. The van der Waals surface area contributed by atoms with Gasteiger partial charge in [-0.15, -0.1) is 0 Å². The summed E-state index contributed by atoms with van der Waals surface area (Å²) < 4.78 is 19.2. The highest BCUT2D eigenvalue weighted by molar-refractivity contribution is 5.93. The number of nitrogens with zero attached hydrogens (tertiary/aromatic N) is 2. The van der Waals surface area contributed by atoms with Gasteiger partial charge in [0.05, 0.1) is 20.2 Å². The number of rotatable bonds is 5. The number of alkyl halides is 1. The molecule has 7 heteroatoms. The first kappa shape index (κ1) is 15.0. The SMILES string of the molecule is C=CC(=O)N1CC(F)(C(=O)NCc2ccnc(OC)c2)C1. The molecule has 0 unspecified atom stereocenters. The molecule has 0 saturated carbocycles. The quantitative estimate of drug-likeness (QED) is 0.800. The van der Waals surface area contributed by atoms with Gasteiger partial charge in [0.25, 0.3) is 5.91 Å². The number of hydrogen-bond donors (Lipinski definition) is 1. The van der Waals surface area contributed by atoms with Crippen molar-refractivity contribution >= 4 is 11.8 Å². The average Bonchev–Trinajstić information content (AvgIpc) is 2.48. The first-order valence-electron chi connectivity index (χ1n) is 6.36. The first-order chi connectivity index (χ1) is 9.98. The maximum atomic E-state index is 14.2. The van der Waals surface area contributed by atoms with Crippen molar-refractivity contribution in [3.63, 3.8) is 0 Å². The molecule has 0 atom stereocenters. The Kier molecular flexibility index (Phi) is 4.21. The highest BCUT2D eigenvalue weighted by Crippen LogP contribution is 2.26. The fraction of sp³-hybridized carbons (Fsp3) is 0.357. The van der Waals surface area contributed by atoms with Crippen molar-refractivity contribution < 1.29 is 18.7 Å². The summed E-state index contributed by atoms with van der Waals surface area (Å²) in [6.07, 6.45) is 2.64. The van der Waals surface area contributed by atoms with Crippen molar-refractivity contribution in [1.82, 2.24) is 15.2 Å². The van der Waals surface area contributed by atoms with Crippen LogP contribution in [0.3, 0.4) is 0 Å². The second-order valence-electron chi connectivity index (χ2n) is 4.75. The van der Waals surface area contributed by atoms with E-state index >= 15 is 0 Å². The predicted octanol–water partition coefficient (Wildman–Crippen LogP) is 0.443. The number of halogens is 1. The summed E-state index contributed by atoms with van der Waals surface area (Å²) in [6.45, 7) is 2.99. The summed E-state index contributed by atoms with van der Waals surface area (Å²) in [5, 5.41) is 2.51. The third kappa shape index (κ3) is 3.18. The van der Waals surface area contributed by atoms with Crippen LogP contribution in [0, 0.1) is 0 Å². The molecule has 1 fully saturated rings. The lowest BCUT2D eigenvalue weighted by Crippen LogP contribution is -2.67. The van der Waals surface area contributed by atoms with Crippen molar-refractivity contribution in [2.24, 2.45) is 0 Å². The van der Waals surface area contributed by atoms with E-state index in [1.165, 1.54) is 12.0 Å². The molecule has 1 aliphatic heterocycles. The molecule has 1 aromatic heterocycles. The van der Waals surface area contributed by atoms with Gasteiger partial charge in [0.15, 0.2) is 0 Å². The Bertz CT molecular complexity index is 570. The zero-order valence-corrected chi connectivity index (χ0v) is 11.6. The molecule has 1 N–H and O–H groups in total. The van der Waals surface area contributed by atoms with E-state index in [9.17, 15) is 14.0 Å². The van der Waals surface area contributed by atoms with Gasteiger partial charge in [0, 0.05) is 18.8 Å². The van der Waals surface area contributed by atoms with Crippen LogP contribution < -0.4 is 10.1 Å². The van der Waals surface area contributed by atoms with E-state index in [0.717, 1.165) is 11.6 Å². The van der Waals surface area contributed by atoms with E-state index in [1.807, 2.05) is 0 Å². The Balaban J connectivity index is 1.88. The molecule has 0 aromatic carbocycles. The Morgan fingerprint density at radius 2 is 2.33 bits per heavy atom. The second-order valence-corrected chi connectivity index (χ2v) is 4.75. The number of pyridine rings is 1. The van der Waals surface area contributed by atoms with Gasteiger partial charge < -0.3 is 15.0 Å². The van der Waals surface area contributed by atoms with Crippen LogP contribution in [0.2, 0.25) is 0 Å². The Hall–Kier alpha value is -2.44. The third-order valence-corrected chi connectivity index (χ3v) is 3.24. The second kappa shape index (κ2) is 5.90. The number of nitrogens with one attached hydrogen (secondary N) is 1. The topological polar surface area (TPSA) is 71.5 Å². The van der Waals surface area contributed by atoms with E-state index < -0.39 is 11.6 Å². The first-order valence-corrected chi connectivity index (χ1v) is 6.36. The lowest BCUT2D eigenvalue weighted by Gasteiger charge is -2.42. The molecule has 2 amide bonds. The number of carbonyl (C=O) groups is 2. The van der Waals surface area contributed by atoms with E-state index in [2.05, 4.69) is 16.9 Å². The Morgan fingerprint density at radius 3 is 2.95 bits per heavy atom. The van der Waals surface area contributed by atoms with Crippen LogP contribution >= 0.6 is 0 Å². The Labute approximate surface area is 121 Å². The van der Waals surface area contributed by atoms with Crippen LogP contribution in [0.25, 0.3) is 0 Å². The maximum Gasteiger partial charge on any atom is 0.261 e. The molecule has 2 heterocycles. The molecule has 1 aromatic rings. The molecule has 1 aliphatic rings. The lowest BCUT2D eigenvalue weighted by atomic mass is 9.95. The molecule has 0 radical (unpaired) electrons. The number of methoxy groups -OCH3 is 1. The van der Waals surface area contributed by atoms with Crippen LogP contribution in [0.1, 0.15) is 5.56 Å². The number of carbonyl (C=O) groups excluding carboxylic acids is 2. The zero-order valence-electron chi connectivity index (χ0n) is 11.6. The largest absolute Gasteiger partial charge is 0.481 e. The summed E-state index contributed by atoms with van der Waals surface area (Å²) in [5.74, 6) is -0.690. The number of amides is 2. The minimum Gasteiger partial charge on any atom is -0.481 e. The van der Waals surface area contributed by atoms with E-state index in [1.54, 1.807) is 18.3 Å². The fourth-order valence-corrected chi connectivity index (χ4v) is 2.00. The predicted molar refractivity (Wildman–Crippen MR) is 73.3 cm³/mol. The van der Waals surface area contributed by atoms with Gasteiger partial charge >= 0.3 is 0 Å². The molecule has 21 heavy (non-hydrogen) atoms. The molecule has 6 nitrogen and oxygen atoms in total. The monoisotopic (exact) mass is 293 g/mol. The van der Waals surface area contributed by atoms with Crippen molar-refractivity contribution in [2.75, 3.05) is 20.2 Å². The molecule has 0 spiro atoms. The summed E-state index contributed by atoms with van der Waals surface area (Å²) in [7, 11) is 1.49. The van der Waals surface area contributed by atoms with Gasteiger partial charge in [-0.05, 0) is 17.7 Å².